The molecule has 0 spiro atoms. The molecule has 1 heterocycles. The predicted molar refractivity (Wildman–Crippen MR) is 63.1 cm³/mol. The topological polar surface area (TPSA) is 15.6 Å². The zero-order valence-electron chi connectivity index (χ0n) is 10.1. The molecule has 0 saturated carbocycles. The third kappa shape index (κ3) is 3.41. The Balaban J connectivity index is 2.61. The largest absolute Gasteiger partial charge is 0.306 e. The van der Waals surface area contributed by atoms with Gasteiger partial charge in [0.2, 0.25) is 0 Å². The first-order chi connectivity index (χ1) is 6.63. The summed E-state index contributed by atoms with van der Waals surface area (Å²) in [6.07, 6.45) is 3.60. The maximum atomic E-state index is 4.82. The highest BCUT2D eigenvalue weighted by Gasteiger charge is 2.17. The Labute approximate surface area is 88.4 Å². The van der Waals surface area contributed by atoms with E-state index in [-0.39, 0.29) is 0 Å². The van der Waals surface area contributed by atoms with Crippen LogP contribution in [0.3, 0.4) is 0 Å². The normalized spacial score (nSPS) is 30.3. The second-order valence-electron chi connectivity index (χ2n) is 4.62. The molecule has 0 amide bonds. The van der Waals surface area contributed by atoms with E-state index >= 15 is 0 Å². The molecule has 0 bridgehead atoms. The van der Waals surface area contributed by atoms with Crippen LogP contribution in [0.5, 0.6) is 0 Å². The van der Waals surface area contributed by atoms with Gasteiger partial charge in [0.05, 0.1) is 0 Å². The van der Waals surface area contributed by atoms with Crippen molar-refractivity contribution in [3.63, 3.8) is 0 Å². The van der Waals surface area contributed by atoms with Gasteiger partial charge in [0.15, 0.2) is 0 Å². The predicted octanol–water partition coefficient (Wildman–Crippen LogP) is 2.59. The van der Waals surface area contributed by atoms with Crippen LogP contribution >= 0.6 is 0 Å². The van der Waals surface area contributed by atoms with Gasteiger partial charge in [-0.15, -0.1) is 0 Å². The fourth-order valence-corrected chi connectivity index (χ4v) is 1.81. The average Bonchev–Trinajstić information content (AvgIpc) is 2.33. The molecule has 2 unspecified atom stereocenters. The molecule has 14 heavy (non-hydrogen) atoms. The summed E-state index contributed by atoms with van der Waals surface area (Å²) in [6, 6.07) is 0.510. The van der Waals surface area contributed by atoms with E-state index in [9.17, 15) is 0 Å². The smallest absolute Gasteiger partial charge is 0.0468 e. The van der Waals surface area contributed by atoms with Crippen molar-refractivity contribution in [2.75, 3.05) is 20.1 Å². The maximum absolute atomic E-state index is 4.82. The van der Waals surface area contributed by atoms with Crippen LogP contribution in [-0.4, -0.2) is 36.8 Å². The van der Waals surface area contributed by atoms with Crippen LogP contribution in [0.1, 0.15) is 40.0 Å². The summed E-state index contributed by atoms with van der Waals surface area (Å²) in [4.78, 5) is 7.23. The van der Waals surface area contributed by atoms with Gasteiger partial charge in [-0.2, -0.15) is 0 Å². The summed E-state index contributed by atoms with van der Waals surface area (Å²) in [5.41, 5.74) is 1.45. The van der Waals surface area contributed by atoms with E-state index in [1.165, 1.54) is 31.6 Å². The summed E-state index contributed by atoms with van der Waals surface area (Å²) in [5, 5.41) is 0. The fourth-order valence-electron chi connectivity index (χ4n) is 1.81. The van der Waals surface area contributed by atoms with Gasteiger partial charge in [-0.3, -0.25) is 4.99 Å². The molecule has 1 aliphatic rings. The monoisotopic (exact) mass is 196 g/mol. The van der Waals surface area contributed by atoms with Gasteiger partial charge < -0.3 is 4.90 Å². The SMILES string of the molecule is CCC(C)N=C1CCN(C)CCC1C. The van der Waals surface area contributed by atoms with E-state index < -0.39 is 0 Å². The first-order valence-electron chi connectivity index (χ1n) is 5.88. The van der Waals surface area contributed by atoms with E-state index in [0.29, 0.717) is 12.0 Å². The Morgan fingerprint density at radius 3 is 2.86 bits per heavy atom. The number of hydrogen-bond acceptors (Lipinski definition) is 2. The van der Waals surface area contributed by atoms with Crippen molar-refractivity contribution in [2.45, 2.75) is 46.1 Å². The number of hydrogen-bond donors (Lipinski definition) is 0. The molecule has 0 aromatic heterocycles. The van der Waals surface area contributed by atoms with Crippen molar-refractivity contribution in [1.82, 2.24) is 4.90 Å². The molecule has 1 saturated heterocycles. The first kappa shape index (κ1) is 11.7. The second kappa shape index (κ2) is 5.50. The molecular formula is C12H24N2. The molecule has 1 aliphatic heterocycles. The average molecular weight is 196 g/mol. The molecule has 0 aromatic rings. The summed E-state index contributed by atoms with van der Waals surface area (Å²) in [5.74, 6) is 0.689. The number of likely N-dealkylation sites (tertiary alicyclic amines) is 1. The Morgan fingerprint density at radius 2 is 2.21 bits per heavy atom. The van der Waals surface area contributed by atoms with E-state index in [0.717, 1.165) is 6.42 Å². The van der Waals surface area contributed by atoms with Gasteiger partial charge >= 0.3 is 0 Å². The molecule has 2 atom stereocenters. The molecule has 2 nitrogen and oxygen atoms in total. The summed E-state index contributed by atoms with van der Waals surface area (Å²) in [6.45, 7) is 9.15. The van der Waals surface area contributed by atoms with Crippen molar-refractivity contribution in [2.24, 2.45) is 10.9 Å². The maximum Gasteiger partial charge on any atom is 0.0468 e. The lowest BCUT2D eigenvalue weighted by Gasteiger charge is -2.12. The Kier molecular flexibility index (Phi) is 4.59. The Morgan fingerprint density at radius 1 is 1.50 bits per heavy atom. The zero-order valence-corrected chi connectivity index (χ0v) is 10.1. The van der Waals surface area contributed by atoms with Crippen molar-refractivity contribution < 1.29 is 0 Å². The highest BCUT2D eigenvalue weighted by Crippen LogP contribution is 2.15. The molecule has 0 radical (unpaired) electrons. The van der Waals surface area contributed by atoms with Crippen LogP contribution in [0.15, 0.2) is 4.99 Å². The summed E-state index contributed by atoms with van der Waals surface area (Å²) in [7, 11) is 2.21. The molecular weight excluding hydrogens is 172 g/mol. The minimum absolute atomic E-state index is 0.510. The molecule has 2 heteroatoms. The quantitative estimate of drug-likeness (QED) is 0.663. The van der Waals surface area contributed by atoms with Crippen LogP contribution in [0, 0.1) is 5.92 Å². The second-order valence-corrected chi connectivity index (χ2v) is 4.62. The van der Waals surface area contributed by atoms with Crippen molar-refractivity contribution in [1.29, 1.82) is 0 Å². The summed E-state index contributed by atoms with van der Waals surface area (Å²) < 4.78 is 0. The van der Waals surface area contributed by atoms with Crippen molar-refractivity contribution in [3.05, 3.63) is 0 Å². The molecule has 1 rings (SSSR count). The third-order valence-corrected chi connectivity index (χ3v) is 3.24. The Hall–Kier alpha value is -0.370. The molecule has 0 aliphatic carbocycles. The fraction of sp³-hybridized carbons (Fsp3) is 0.917. The van der Waals surface area contributed by atoms with Crippen LogP contribution in [0.25, 0.3) is 0 Å². The number of rotatable bonds is 2. The van der Waals surface area contributed by atoms with Crippen LogP contribution in [0.4, 0.5) is 0 Å². The standard InChI is InChI=1S/C12H24N2/c1-5-11(3)13-12-7-9-14(4)8-6-10(12)2/h10-11H,5-9H2,1-4H3. The zero-order chi connectivity index (χ0) is 10.6. The first-order valence-corrected chi connectivity index (χ1v) is 5.88. The van der Waals surface area contributed by atoms with E-state index in [2.05, 4.69) is 32.7 Å². The third-order valence-electron chi connectivity index (χ3n) is 3.24. The van der Waals surface area contributed by atoms with Gasteiger partial charge in [-0.25, -0.2) is 0 Å². The molecule has 0 N–H and O–H groups in total. The van der Waals surface area contributed by atoms with E-state index in [4.69, 9.17) is 4.99 Å². The number of nitrogens with zero attached hydrogens (tertiary/aromatic N) is 2. The van der Waals surface area contributed by atoms with Crippen LogP contribution in [0.2, 0.25) is 0 Å². The van der Waals surface area contributed by atoms with Gasteiger partial charge in [-0.1, -0.05) is 13.8 Å². The summed E-state index contributed by atoms with van der Waals surface area (Å²) >= 11 is 0. The van der Waals surface area contributed by atoms with Gasteiger partial charge in [0.1, 0.15) is 0 Å². The lowest BCUT2D eigenvalue weighted by molar-refractivity contribution is 0.344. The van der Waals surface area contributed by atoms with E-state index in [1.54, 1.807) is 0 Å². The van der Waals surface area contributed by atoms with Crippen molar-refractivity contribution in [3.8, 4) is 0 Å². The minimum Gasteiger partial charge on any atom is -0.306 e. The Bertz CT molecular complexity index is 198. The van der Waals surface area contributed by atoms with E-state index in [1.807, 2.05) is 0 Å². The van der Waals surface area contributed by atoms with Crippen LogP contribution < -0.4 is 0 Å². The molecule has 0 aromatic carbocycles. The minimum atomic E-state index is 0.510. The van der Waals surface area contributed by atoms with Gasteiger partial charge in [0, 0.05) is 18.3 Å². The van der Waals surface area contributed by atoms with Crippen molar-refractivity contribution >= 4 is 5.71 Å². The lowest BCUT2D eigenvalue weighted by atomic mass is 10.0. The van der Waals surface area contributed by atoms with Crippen LogP contribution in [-0.2, 0) is 0 Å². The number of aliphatic imine (C=N–C) groups is 1. The van der Waals surface area contributed by atoms with Gasteiger partial charge in [0.25, 0.3) is 0 Å². The highest BCUT2D eigenvalue weighted by molar-refractivity contribution is 5.87. The highest BCUT2D eigenvalue weighted by atomic mass is 15.1. The molecule has 1 fully saturated rings. The lowest BCUT2D eigenvalue weighted by Crippen LogP contribution is -2.19. The van der Waals surface area contributed by atoms with Gasteiger partial charge in [-0.05, 0) is 45.7 Å². The molecule has 82 valence electrons.